The summed E-state index contributed by atoms with van der Waals surface area (Å²) in [5.41, 5.74) is 0. The number of hydrogen-bond donors (Lipinski definition) is 1. The van der Waals surface area contributed by atoms with Crippen LogP contribution in [0.5, 0.6) is 0 Å². The molecule has 0 rings (SSSR count). The lowest BCUT2D eigenvalue weighted by Crippen LogP contribution is -2.37. The summed E-state index contributed by atoms with van der Waals surface area (Å²) >= 11 is 0. The van der Waals surface area contributed by atoms with Crippen LogP contribution in [-0.2, 0) is 32.7 Å². The lowest BCUT2D eigenvalue weighted by atomic mass is 10.0. The number of esters is 2. The highest BCUT2D eigenvalue weighted by Gasteiger charge is 2.27. The van der Waals surface area contributed by atoms with E-state index in [0.29, 0.717) is 17.4 Å². The van der Waals surface area contributed by atoms with Gasteiger partial charge in [0.05, 0.1) is 27.7 Å². The molecule has 0 fully saturated rings. The highest BCUT2D eigenvalue weighted by atomic mass is 31.2. The number of carbonyl (C=O) groups excluding carboxylic acids is 2. The molecule has 0 heterocycles. The summed E-state index contributed by atoms with van der Waals surface area (Å²) < 4.78 is 34.5. The number of allylic oxidation sites excluding steroid dienone is 14. The molecule has 0 aliphatic carbocycles. The maximum absolute atomic E-state index is 12.8. The molecule has 0 aromatic carbocycles. The molecular weight excluding hydrogens is 882 g/mol. The van der Waals surface area contributed by atoms with Gasteiger partial charge in [0.1, 0.15) is 19.8 Å². The van der Waals surface area contributed by atoms with E-state index in [0.717, 1.165) is 103 Å². The zero-order valence-electron chi connectivity index (χ0n) is 45.0. The Balaban J connectivity index is 4.11. The molecule has 0 aromatic heterocycles. The second-order valence-corrected chi connectivity index (χ2v) is 21.0. The minimum absolute atomic E-state index is 0.0267. The van der Waals surface area contributed by atoms with Crippen LogP contribution in [0.1, 0.15) is 226 Å². The lowest BCUT2D eigenvalue weighted by molar-refractivity contribution is -0.870. The minimum Gasteiger partial charge on any atom is -0.462 e. The predicted octanol–water partition coefficient (Wildman–Crippen LogP) is 17.1. The van der Waals surface area contributed by atoms with Crippen molar-refractivity contribution >= 4 is 19.8 Å². The Hall–Kier alpha value is -2.81. The molecule has 0 radical (unpaired) electrons. The van der Waals surface area contributed by atoms with Crippen molar-refractivity contribution in [1.29, 1.82) is 0 Å². The number of carbonyl (C=O) groups is 2. The first-order valence-corrected chi connectivity index (χ1v) is 29.3. The fourth-order valence-corrected chi connectivity index (χ4v) is 8.09. The van der Waals surface area contributed by atoms with Crippen molar-refractivity contribution < 1.29 is 42.1 Å². The first kappa shape index (κ1) is 66.2. The van der Waals surface area contributed by atoms with E-state index in [1.807, 2.05) is 21.1 Å². The molecule has 0 saturated carbocycles. The number of phosphoric ester groups is 1. The Morgan fingerprint density at radius 1 is 0.464 bits per heavy atom. The average molecular weight is 987 g/mol. The summed E-state index contributed by atoms with van der Waals surface area (Å²) in [6, 6.07) is 0. The molecule has 2 unspecified atom stereocenters. The molecule has 0 amide bonds. The first-order chi connectivity index (χ1) is 33.5. The van der Waals surface area contributed by atoms with Gasteiger partial charge in [-0.25, -0.2) is 4.57 Å². The lowest BCUT2D eigenvalue weighted by Gasteiger charge is -2.24. The topological polar surface area (TPSA) is 108 Å². The summed E-state index contributed by atoms with van der Waals surface area (Å²) in [5, 5.41) is 0. The maximum atomic E-state index is 12.8. The molecule has 9 nitrogen and oxygen atoms in total. The van der Waals surface area contributed by atoms with Crippen LogP contribution in [0.4, 0.5) is 0 Å². The number of rotatable bonds is 50. The van der Waals surface area contributed by atoms with Crippen LogP contribution in [0.25, 0.3) is 0 Å². The van der Waals surface area contributed by atoms with Crippen molar-refractivity contribution in [2.75, 3.05) is 47.5 Å². The van der Waals surface area contributed by atoms with Crippen LogP contribution in [0, 0.1) is 0 Å². The first-order valence-electron chi connectivity index (χ1n) is 27.8. The van der Waals surface area contributed by atoms with E-state index in [1.165, 1.54) is 89.9 Å². The Bertz CT molecular complexity index is 1440. The second kappa shape index (κ2) is 50.1. The average Bonchev–Trinajstić information content (AvgIpc) is 3.31. The van der Waals surface area contributed by atoms with Crippen LogP contribution in [0.15, 0.2) is 85.1 Å². The monoisotopic (exact) mass is 987 g/mol. The maximum Gasteiger partial charge on any atom is 0.472 e. The number of quaternary nitrogens is 1. The summed E-state index contributed by atoms with van der Waals surface area (Å²) in [6.45, 7) is 4.26. The standard InChI is InChI=1S/C59H104NO8P/c1-6-8-10-12-14-16-18-20-22-23-24-25-26-27-28-29-30-31-32-33-34-35-36-37-38-40-42-44-46-48-50-52-59(62)68-57(56-67-69(63,64)66-54-53-60(3,4)5)55-65-58(61)51-49-47-45-43-41-39-21-19-17-15-13-11-9-7-2/h8,10,13-16,19-22,24-25,27-28,57H,6-7,9,11-12,17-18,23,26,29-56H2,1-5H3/p+1/b10-8-,15-13-,16-14-,21-19-,22-20-,25-24-,28-27-. The van der Waals surface area contributed by atoms with Gasteiger partial charge in [-0.05, 0) is 83.5 Å². The number of hydrogen-bond acceptors (Lipinski definition) is 7. The van der Waals surface area contributed by atoms with Crippen molar-refractivity contribution in [3.8, 4) is 0 Å². The van der Waals surface area contributed by atoms with Gasteiger partial charge < -0.3 is 18.9 Å². The molecule has 0 aromatic rings. The Morgan fingerprint density at radius 3 is 1.23 bits per heavy atom. The van der Waals surface area contributed by atoms with Crippen molar-refractivity contribution in [1.82, 2.24) is 0 Å². The molecule has 0 saturated heterocycles. The third kappa shape index (κ3) is 54.4. The van der Waals surface area contributed by atoms with Crippen LogP contribution in [0.2, 0.25) is 0 Å². The van der Waals surface area contributed by atoms with E-state index < -0.39 is 26.5 Å². The van der Waals surface area contributed by atoms with Gasteiger partial charge in [0.25, 0.3) is 0 Å². The van der Waals surface area contributed by atoms with E-state index in [1.54, 1.807) is 0 Å². The molecule has 69 heavy (non-hydrogen) atoms. The zero-order chi connectivity index (χ0) is 50.6. The summed E-state index contributed by atoms with van der Waals surface area (Å²) in [5.74, 6) is -0.814. The van der Waals surface area contributed by atoms with E-state index in [2.05, 4.69) is 98.9 Å². The summed E-state index contributed by atoms with van der Waals surface area (Å²) in [4.78, 5) is 35.6. The van der Waals surface area contributed by atoms with Gasteiger partial charge in [0.15, 0.2) is 6.10 Å². The number of nitrogens with zero attached hydrogens (tertiary/aromatic N) is 1. The van der Waals surface area contributed by atoms with Crippen LogP contribution in [-0.4, -0.2) is 74.9 Å². The fraction of sp³-hybridized carbons (Fsp3) is 0.729. The van der Waals surface area contributed by atoms with Crippen molar-refractivity contribution in [2.45, 2.75) is 232 Å². The number of ether oxygens (including phenoxy) is 2. The Kier molecular flexibility index (Phi) is 48.1. The van der Waals surface area contributed by atoms with Gasteiger partial charge in [-0.2, -0.15) is 0 Å². The Labute approximate surface area is 424 Å². The van der Waals surface area contributed by atoms with E-state index in [9.17, 15) is 19.0 Å². The fourth-order valence-electron chi connectivity index (χ4n) is 7.35. The van der Waals surface area contributed by atoms with Crippen LogP contribution in [0.3, 0.4) is 0 Å². The molecule has 0 bridgehead atoms. The number of likely N-dealkylation sites (N-methyl/N-ethyl adjacent to an activating group) is 1. The number of unbranched alkanes of at least 4 members (excludes halogenated alkanes) is 22. The smallest absolute Gasteiger partial charge is 0.462 e. The molecule has 0 spiro atoms. The van der Waals surface area contributed by atoms with Crippen LogP contribution < -0.4 is 0 Å². The van der Waals surface area contributed by atoms with Crippen molar-refractivity contribution in [3.05, 3.63) is 85.1 Å². The van der Waals surface area contributed by atoms with Gasteiger partial charge in [-0.1, -0.05) is 214 Å². The quantitative estimate of drug-likeness (QED) is 0.0211. The highest BCUT2D eigenvalue weighted by Crippen LogP contribution is 2.43. The predicted molar refractivity (Wildman–Crippen MR) is 293 cm³/mol. The van der Waals surface area contributed by atoms with Crippen LogP contribution >= 0.6 is 7.82 Å². The second-order valence-electron chi connectivity index (χ2n) is 19.6. The third-order valence-electron chi connectivity index (χ3n) is 11.7. The van der Waals surface area contributed by atoms with Gasteiger partial charge in [0, 0.05) is 12.8 Å². The molecule has 10 heteroatoms. The van der Waals surface area contributed by atoms with Crippen molar-refractivity contribution in [2.24, 2.45) is 0 Å². The number of phosphoric acid groups is 1. The highest BCUT2D eigenvalue weighted by molar-refractivity contribution is 7.47. The van der Waals surface area contributed by atoms with E-state index >= 15 is 0 Å². The SMILES string of the molecule is CC/C=C\C/C=C\C/C=C\C/C=C\C/C=C\CCCCCCCCCCCCCCCCCC(=O)OC(COC(=O)CCCCCCC/C=C\C/C=C\CCCC)COP(=O)(O)OCC[N+](C)(C)C. The Morgan fingerprint density at radius 2 is 0.826 bits per heavy atom. The molecular formula is C59H105NO8P+. The molecule has 0 aliphatic heterocycles. The van der Waals surface area contributed by atoms with Gasteiger partial charge >= 0.3 is 19.8 Å². The molecule has 2 atom stereocenters. The summed E-state index contributed by atoms with van der Waals surface area (Å²) in [6.07, 6.45) is 66.5. The van der Waals surface area contributed by atoms with Gasteiger partial charge in [-0.3, -0.25) is 18.6 Å². The molecule has 0 aliphatic rings. The summed E-state index contributed by atoms with van der Waals surface area (Å²) in [7, 11) is 1.46. The van der Waals surface area contributed by atoms with E-state index in [-0.39, 0.29) is 32.0 Å². The third-order valence-corrected chi connectivity index (χ3v) is 12.6. The van der Waals surface area contributed by atoms with Crippen molar-refractivity contribution in [3.63, 3.8) is 0 Å². The van der Waals surface area contributed by atoms with Gasteiger partial charge in [0.2, 0.25) is 0 Å². The minimum atomic E-state index is -4.39. The largest absolute Gasteiger partial charge is 0.472 e. The zero-order valence-corrected chi connectivity index (χ0v) is 45.9. The van der Waals surface area contributed by atoms with Gasteiger partial charge in [-0.15, -0.1) is 0 Å². The normalized spacial score (nSPS) is 14.0. The van der Waals surface area contributed by atoms with E-state index in [4.69, 9.17) is 18.5 Å². The molecule has 1 N–H and O–H groups in total. The molecule has 398 valence electrons.